The fourth-order valence-corrected chi connectivity index (χ4v) is 3.91. The number of fused-ring (bicyclic) bond motifs is 1. The predicted octanol–water partition coefficient (Wildman–Crippen LogP) is 2.12. The second-order valence-corrected chi connectivity index (χ2v) is 7.40. The first-order valence-corrected chi connectivity index (χ1v) is 10.0. The van der Waals surface area contributed by atoms with E-state index in [2.05, 4.69) is 20.6 Å². The number of hydrogen-bond donors (Lipinski definition) is 2. The van der Waals surface area contributed by atoms with Gasteiger partial charge in [0, 0.05) is 11.8 Å². The number of anilines is 1. The highest BCUT2D eigenvalue weighted by Crippen LogP contribution is 2.29. The van der Waals surface area contributed by atoms with Crippen LogP contribution in [0.15, 0.2) is 59.3 Å². The number of amides is 1. The van der Waals surface area contributed by atoms with Crippen molar-refractivity contribution in [1.29, 1.82) is 0 Å². The Morgan fingerprint density at radius 3 is 2.58 bits per heavy atom. The van der Waals surface area contributed by atoms with Gasteiger partial charge in [0.25, 0.3) is 5.91 Å². The van der Waals surface area contributed by atoms with Crippen molar-refractivity contribution >= 4 is 11.9 Å². The van der Waals surface area contributed by atoms with Crippen LogP contribution >= 0.6 is 0 Å². The molecule has 0 saturated carbocycles. The normalized spacial score (nSPS) is 24.5. The van der Waals surface area contributed by atoms with Gasteiger partial charge in [-0.05, 0) is 42.5 Å². The van der Waals surface area contributed by atoms with E-state index in [1.54, 1.807) is 25.4 Å². The molecule has 1 amide bonds. The van der Waals surface area contributed by atoms with Crippen LogP contribution in [0.3, 0.4) is 0 Å². The van der Waals surface area contributed by atoms with Gasteiger partial charge in [0.2, 0.25) is 5.95 Å². The summed E-state index contributed by atoms with van der Waals surface area (Å²) in [5, 5.41) is 6.24. The van der Waals surface area contributed by atoms with Crippen LogP contribution in [-0.4, -0.2) is 60.5 Å². The maximum absolute atomic E-state index is 12.3. The van der Waals surface area contributed by atoms with E-state index in [1.807, 2.05) is 30.3 Å². The topological polar surface area (TPSA) is 108 Å². The summed E-state index contributed by atoms with van der Waals surface area (Å²) in [6, 6.07) is 12.5. The van der Waals surface area contributed by atoms with Gasteiger partial charge in [0.1, 0.15) is 18.0 Å². The highest BCUT2D eigenvalue weighted by atomic mass is 16.6. The third-order valence-electron chi connectivity index (χ3n) is 5.47. The van der Waals surface area contributed by atoms with E-state index in [4.69, 9.17) is 18.6 Å². The summed E-state index contributed by atoms with van der Waals surface area (Å²) in [7, 11) is 1.64. The second-order valence-electron chi connectivity index (χ2n) is 7.40. The fourth-order valence-electron chi connectivity index (χ4n) is 3.91. The average Bonchev–Trinajstić information content (AvgIpc) is 3.55. The van der Waals surface area contributed by atoms with Gasteiger partial charge in [-0.15, -0.1) is 0 Å². The van der Waals surface area contributed by atoms with Crippen LogP contribution in [0.4, 0.5) is 5.95 Å². The van der Waals surface area contributed by atoms with Gasteiger partial charge in [-0.25, -0.2) is 9.97 Å². The Labute approximate surface area is 178 Å². The molecule has 2 aromatic heterocycles. The van der Waals surface area contributed by atoms with Crippen molar-refractivity contribution in [2.75, 3.05) is 25.6 Å². The number of nitrogens with zero attached hydrogens (tertiary/aromatic N) is 2. The molecular weight excluding hydrogens is 400 g/mol. The van der Waals surface area contributed by atoms with Crippen LogP contribution in [-0.2, 0) is 9.47 Å². The number of rotatable bonds is 6. The number of benzene rings is 1. The third kappa shape index (κ3) is 3.97. The van der Waals surface area contributed by atoms with E-state index in [-0.39, 0.29) is 36.0 Å². The molecule has 160 valence electrons. The Hall–Kier alpha value is -3.43. The Balaban J connectivity index is 1.24. The van der Waals surface area contributed by atoms with E-state index in [1.165, 1.54) is 6.26 Å². The SMILES string of the molecule is COc1ccc(-c2ccnc(N[C@@H]3CO[C@@H]4[C@@H]3OC[C@@H]4NC(=O)c3ccco3)n2)cc1. The summed E-state index contributed by atoms with van der Waals surface area (Å²) in [5.41, 5.74) is 1.76. The van der Waals surface area contributed by atoms with Crippen molar-refractivity contribution in [2.24, 2.45) is 0 Å². The summed E-state index contributed by atoms with van der Waals surface area (Å²) in [6.45, 7) is 0.797. The van der Waals surface area contributed by atoms with Crippen LogP contribution in [0.25, 0.3) is 11.3 Å². The van der Waals surface area contributed by atoms with Crippen molar-refractivity contribution in [1.82, 2.24) is 15.3 Å². The summed E-state index contributed by atoms with van der Waals surface area (Å²) in [5.74, 6) is 1.27. The number of aromatic nitrogens is 2. The molecule has 9 nitrogen and oxygen atoms in total. The average molecular weight is 422 g/mol. The number of nitrogens with one attached hydrogen (secondary N) is 2. The maximum atomic E-state index is 12.3. The molecule has 0 bridgehead atoms. The van der Waals surface area contributed by atoms with Crippen molar-refractivity contribution in [3.63, 3.8) is 0 Å². The van der Waals surface area contributed by atoms with Gasteiger partial charge in [0.05, 0.1) is 44.4 Å². The summed E-state index contributed by atoms with van der Waals surface area (Å²) in [4.78, 5) is 21.2. The molecule has 2 N–H and O–H groups in total. The molecule has 2 fully saturated rings. The molecule has 2 aliphatic heterocycles. The summed E-state index contributed by atoms with van der Waals surface area (Å²) < 4.78 is 22.2. The molecule has 4 heterocycles. The minimum absolute atomic E-state index is 0.123. The molecule has 0 radical (unpaired) electrons. The predicted molar refractivity (Wildman–Crippen MR) is 111 cm³/mol. The van der Waals surface area contributed by atoms with Crippen LogP contribution in [0.1, 0.15) is 10.6 Å². The molecule has 2 aliphatic rings. The van der Waals surface area contributed by atoms with Crippen LogP contribution in [0.2, 0.25) is 0 Å². The lowest BCUT2D eigenvalue weighted by atomic mass is 10.1. The van der Waals surface area contributed by atoms with E-state index in [0.717, 1.165) is 17.0 Å². The van der Waals surface area contributed by atoms with Gasteiger partial charge >= 0.3 is 0 Å². The van der Waals surface area contributed by atoms with E-state index in [9.17, 15) is 4.79 Å². The van der Waals surface area contributed by atoms with Gasteiger partial charge in [-0.2, -0.15) is 0 Å². The number of hydrogen-bond acceptors (Lipinski definition) is 8. The molecule has 5 rings (SSSR count). The van der Waals surface area contributed by atoms with Gasteiger partial charge in [-0.3, -0.25) is 4.79 Å². The third-order valence-corrected chi connectivity index (χ3v) is 5.47. The first-order valence-electron chi connectivity index (χ1n) is 10.0. The monoisotopic (exact) mass is 422 g/mol. The zero-order valence-corrected chi connectivity index (χ0v) is 16.9. The molecule has 4 atom stereocenters. The maximum Gasteiger partial charge on any atom is 0.287 e. The molecular formula is C22H22N4O5. The molecule has 1 aromatic carbocycles. The largest absolute Gasteiger partial charge is 0.497 e. The Kier molecular flexibility index (Phi) is 5.27. The molecule has 0 aliphatic carbocycles. The lowest BCUT2D eigenvalue weighted by Crippen LogP contribution is -2.44. The summed E-state index contributed by atoms with van der Waals surface area (Å²) >= 11 is 0. The zero-order chi connectivity index (χ0) is 21.2. The second kappa shape index (κ2) is 8.37. The number of carbonyl (C=O) groups is 1. The molecule has 0 spiro atoms. The number of methoxy groups -OCH3 is 1. The van der Waals surface area contributed by atoms with Gasteiger partial charge in [-0.1, -0.05) is 0 Å². The molecule has 9 heteroatoms. The standard InChI is InChI=1S/C22H22N4O5/c1-28-14-6-4-13(5-7-14)15-8-9-23-22(25-15)26-17-12-31-19-16(11-30-20(17)19)24-21(27)18-3-2-10-29-18/h2-10,16-17,19-20H,11-12H2,1H3,(H,24,27)(H,23,25,26)/t16-,17+,19-,20+/m0/s1. The quantitative estimate of drug-likeness (QED) is 0.622. The molecule has 0 unspecified atom stereocenters. The van der Waals surface area contributed by atoms with Gasteiger partial charge in [0.15, 0.2) is 5.76 Å². The Morgan fingerprint density at radius 1 is 1.06 bits per heavy atom. The van der Waals surface area contributed by atoms with E-state index >= 15 is 0 Å². The molecule has 31 heavy (non-hydrogen) atoms. The Morgan fingerprint density at radius 2 is 1.84 bits per heavy atom. The fraction of sp³-hybridized carbons (Fsp3) is 0.318. The highest BCUT2D eigenvalue weighted by molar-refractivity contribution is 5.91. The number of ether oxygens (including phenoxy) is 3. The number of carbonyl (C=O) groups excluding carboxylic acids is 1. The van der Waals surface area contributed by atoms with Crippen molar-refractivity contribution < 1.29 is 23.4 Å². The van der Waals surface area contributed by atoms with Crippen LogP contribution < -0.4 is 15.4 Å². The number of furan rings is 1. The smallest absolute Gasteiger partial charge is 0.287 e. The van der Waals surface area contributed by atoms with Gasteiger partial charge < -0.3 is 29.3 Å². The lowest BCUT2D eigenvalue weighted by Gasteiger charge is -2.18. The minimum Gasteiger partial charge on any atom is -0.497 e. The van der Waals surface area contributed by atoms with Crippen molar-refractivity contribution in [3.05, 3.63) is 60.7 Å². The van der Waals surface area contributed by atoms with E-state index in [0.29, 0.717) is 19.2 Å². The first kappa shape index (κ1) is 19.5. The van der Waals surface area contributed by atoms with Crippen LogP contribution in [0, 0.1) is 0 Å². The van der Waals surface area contributed by atoms with Crippen molar-refractivity contribution in [2.45, 2.75) is 24.3 Å². The Bertz CT molecular complexity index is 1040. The first-order chi connectivity index (χ1) is 15.2. The molecule has 3 aromatic rings. The zero-order valence-electron chi connectivity index (χ0n) is 16.9. The van der Waals surface area contributed by atoms with Crippen LogP contribution in [0.5, 0.6) is 5.75 Å². The van der Waals surface area contributed by atoms with Crippen molar-refractivity contribution in [3.8, 4) is 17.0 Å². The lowest BCUT2D eigenvalue weighted by molar-refractivity contribution is 0.0646. The minimum atomic E-state index is -0.283. The van der Waals surface area contributed by atoms with E-state index < -0.39 is 0 Å². The highest BCUT2D eigenvalue weighted by Gasteiger charge is 2.48. The molecule has 2 saturated heterocycles. The summed E-state index contributed by atoms with van der Waals surface area (Å²) in [6.07, 6.45) is 2.72.